The van der Waals surface area contributed by atoms with E-state index in [1.54, 1.807) is 4.90 Å². The van der Waals surface area contributed by atoms with E-state index in [1.165, 1.54) is 12.8 Å². The van der Waals surface area contributed by atoms with Crippen LogP contribution in [0.5, 0.6) is 0 Å². The Hall–Kier alpha value is -0.250. The number of halogens is 3. The summed E-state index contributed by atoms with van der Waals surface area (Å²) in [5.41, 5.74) is 0. The molecule has 1 heterocycles. The van der Waals surface area contributed by atoms with Crippen molar-refractivity contribution >= 4 is 0 Å². The van der Waals surface area contributed by atoms with E-state index in [4.69, 9.17) is 0 Å². The summed E-state index contributed by atoms with van der Waals surface area (Å²) in [4.78, 5) is 1.59. The first-order chi connectivity index (χ1) is 7.48. The first kappa shape index (κ1) is 12.2. The van der Waals surface area contributed by atoms with Gasteiger partial charge >= 0.3 is 6.18 Å². The number of alkyl halides is 3. The Kier molecular flexibility index (Phi) is 3.48. The Bertz CT molecular complexity index is 225. The molecule has 2 rings (SSSR count). The molecule has 1 unspecified atom stereocenters. The van der Waals surface area contributed by atoms with Crippen LogP contribution in [-0.4, -0.2) is 30.7 Å². The topological polar surface area (TPSA) is 3.24 Å². The highest BCUT2D eigenvalue weighted by molar-refractivity contribution is 4.92. The van der Waals surface area contributed by atoms with Crippen LogP contribution in [0.25, 0.3) is 0 Å². The summed E-state index contributed by atoms with van der Waals surface area (Å²) in [6.07, 6.45) is 0.754. The summed E-state index contributed by atoms with van der Waals surface area (Å²) >= 11 is 0. The Balaban J connectivity index is 1.80. The minimum atomic E-state index is -4.03. The molecule has 0 aromatic heterocycles. The lowest BCUT2D eigenvalue weighted by Crippen LogP contribution is -2.33. The third-order valence-corrected chi connectivity index (χ3v) is 4.02. The van der Waals surface area contributed by atoms with Crippen molar-refractivity contribution < 1.29 is 13.2 Å². The van der Waals surface area contributed by atoms with Crippen molar-refractivity contribution in [3.63, 3.8) is 0 Å². The van der Waals surface area contributed by atoms with Crippen molar-refractivity contribution in [1.29, 1.82) is 0 Å². The number of rotatable bonds is 3. The van der Waals surface area contributed by atoms with Gasteiger partial charge in [0.25, 0.3) is 0 Å². The predicted molar refractivity (Wildman–Crippen MR) is 57.1 cm³/mol. The summed E-state index contributed by atoms with van der Waals surface area (Å²) in [6, 6.07) is 0. The van der Waals surface area contributed by atoms with E-state index in [0.717, 1.165) is 18.8 Å². The van der Waals surface area contributed by atoms with E-state index >= 15 is 0 Å². The summed E-state index contributed by atoms with van der Waals surface area (Å²) in [6.45, 7) is 2.82. The third-order valence-electron chi connectivity index (χ3n) is 4.02. The standard InChI is InChI=1S/C12H20F3N/c1-2-3-9-4-10-6-16(7-11(10)5-9)8-12(13,14)15/h9-11H,2-8H2,1H3/t9?,10-,11+. The molecule has 16 heavy (non-hydrogen) atoms. The molecule has 0 aromatic carbocycles. The van der Waals surface area contributed by atoms with E-state index in [2.05, 4.69) is 6.92 Å². The fraction of sp³-hybridized carbons (Fsp3) is 1.00. The van der Waals surface area contributed by atoms with Crippen LogP contribution in [0.15, 0.2) is 0 Å². The zero-order valence-corrected chi connectivity index (χ0v) is 9.76. The van der Waals surface area contributed by atoms with E-state index in [9.17, 15) is 13.2 Å². The molecule has 0 aromatic rings. The molecule has 4 heteroatoms. The van der Waals surface area contributed by atoms with Gasteiger partial charge in [0.1, 0.15) is 0 Å². The quantitative estimate of drug-likeness (QED) is 0.725. The Labute approximate surface area is 95.0 Å². The van der Waals surface area contributed by atoms with Crippen molar-refractivity contribution in [2.75, 3.05) is 19.6 Å². The molecule has 1 nitrogen and oxygen atoms in total. The maximum absolute atomic E-state index is 12.2. The van der Waals surface area contributed by atoms with Gasteiger partial charge in [-0.15, -0.1) is 0 Å². The molecule has 1 saturated carbocycles. The van der Waals surface area contributed by atoms with Crippen molar-refractivity contribution in [3.05, 3.63) is 0 Å². The average Bonchev–Trinajstić information content (AvgIpc) is 2.58. The van der Waals surface area contributed by atoms with Crippen LogP contribution in [-0.2, 0) is 0 Å². The molecule has 2 aliphatic rings. The lowest BCUT2D eigenvalue weighted by Gasteiger charge is -2.19. The Morgan fingerprint density at radius 1 is 1.12 bits per heavy atom. The lowest BCUT2D eigenvalue weighted by atomic mass is 10.0. The summed E-state index contributed by atoms with van der Waals surface area (Å²) in [7, 11) is 0. The van der Waals surface area contributed by atoms with Crippen LogP contribution >= 0.6 is 0 Å². The minimum absolute atomic E-state index is 0.541. The van der Waals surface area contributed by atoms with E-state index in [1.807, 2.05) is 0 Å². The Morgan fingerprint density at radius 3 is 2.12 bits per heavy atom. The molecule has 94 valence electrons. The van der Waals surface area contributed by atoms with Gasteiger partial charge < -0.3 is 0 Å². The minimum Gasteiger partial charge on any atom is -0.294 e. The number of likely N-dealkylation sites (tertiary alicyclic amines) is 1. The van der Waals surface area contributed by atoms with Crippen LogP contribution < -0.4 is 0 Å². The van der Waals surface area contributed by atoms with Crippen LogP contribution in [0.2, 0.25) is 0 Å². The van der Waals surface area contributed by atoms with E-state index in [-0.39, 0.29) is 0 Å². The molecule has 0 radical (unpaired) electrons. The molecule has 0 N–H and O–H groups in total. The van der Waals surface area contributed by atoms with Crippen LogP contribution in [0.1, 0.15) is 32.6 Å². The number of nitrogens with zero attached hydrogens (tertiary/aromatic N) is 1. The lowest BCUT2D eigenvalue weighted by molar-refractivity contribution is -0.144. The van der Waals surface area contributed by atoms with Crippen LogP contribution in [0.4, 0.5) is 13.2 Å². The van der Waals surface area contributed by atoms with Gasteiger partial charge in [-0.05, 0) is 30.6 Å². The van der Waals surface area contributed by atoms with Gasteiger partial charge in [-0.2, -0.15) is 13.2 Å². The van der Waals surface area contributed by atoms with Gasteiger partial charge in [0.05, 0.1) is 6.54 Å². The van der Waals surface area contributed by atoms with E-state index < -0.39 is 12.7 Å². The highest BCUT2D eigenvalue weighted by Crippen LogP contribution is 2.43. The molecule has 0 amide bonds. The molecular weight excluding hydrogens is 215 g/mol. The van der Waals surface area contributed by atoms with E-state index in [0.29, 0.717) is 24.9 Å². The third kappa shape index (κ3) is 2.90. The molecule has 1 aliphatic heterocycles. The second-order valence-corrected chi connectivity index (χ2v) is 5.46. The van der Waals surface area contributed by atoms with Gasteiger partial charge in [0.15, 0.2) is 0 Å². The van der Waals surface area contributed by atoms with Crippen molar-refractivity contribution in [2.24, 2.45) is 17.8 Å². The van der Waals surface area contributed by atoms with Gasteiger partial charge in [-0.1, -0.05) is 19.8 Å². The summed E-state index contributed by atoms with van der Waals surface area (Å²) < 4.78 is 36.7. The highest BCUT2D eigenvalue weighted by atomic mass is 19.4. The molecule has 0 spiro atoms. The maximum atomic E-state index is 12.2. The largest absolute Gasteiger partial charge is 0.401 e. The molecule has 2 fully saturated rings. The van der Waals surface area contributed by atoms with Crippen LogP contribution in [0.3, 0.4) is 0 Å². The van der Waals surface area contributed by atoms with Gasteiger partial charge in [-0.3, -0.25) is 4.90 Å². The van der Waals surface area contributed by atoms with Crippen molar-refractivity contribution in [3.8, 4) is 0 Å². The zero-order valence-electron chi connectivity index (χ0n) is 9.76. The fourth-order valence-corrected chi connectivity index (χ4v) is 3.55. The monoisotopic (exact) mass is 235 g/mol. The number of hydrogen-bond donors (Lipinski definition) is 0. The number of hydrogen-bond acceptors (Lipinski definition) is 1. The van der Waals surface area contributed by atoms with Crippen LogP contribution in [0, 0.1) is 17.8 Å². The predicted octanol–water partition coefficient (Wildman–Crippen LogP) is 3.31. The average molecular weight is 235 g/mol. The smallest absolute Gasteiger partial charge is 0.294 e. The first-order valence-electron chi connectivity index (χ1n) is 6.27. The van der Waals surface area contributed by atoms with Gasteiger partial charge in [0, 0.05) is 13.1 Å². The zero-order chi connectivity index (χ0) is 11.8. The Morgan fingerprint density at radius 2 is 1.69 bits per heavy atom. The SMILES string of the molecule is CCCC1C[C@@H]2CN(CC(F)(F)F)C[C@@H]2C1. The second-order valence-electron chi connectivity index (χ2n) is 5.46. The van der Waals surface area contributed by atoms with Gasteiger partial charge in [0.2, 0.25) is 0 Å². The maximum Gasteiger partial charge on any atom is 0.401 e. The molecule has 1 saturated heterocycles. The van der Waals surface area contributed by atoms with Crippen molar-refractivity contribution in [2.45, 2.75) is 38.8 Å². The normalized spacial score (nSPS) is 35.6. The second kappa shape index (κ2) is 4.55. The highest BCUT2D eigenvalue weighted by Gasteiger charge is 2.43. The number of fused-ring (bicyclic) bond motifs is 1. The first-order valence-corrected chi connectivity index (χ1v) is 6.27. The van der Waals surface area contributed by atoms with Gasteiger partial charge in [-0.25, -0.2) is 0 Å². The van der Waals surface area contributed by atoms with Crippen molar-refractivity contribution in [1.82, 2.24) is 4.90 Å². The summed E-state index contributed by atoms with van der Waals surface area (Å²) in [5, 5.41) is 0. The molecule has 0 bridgehead atoms. The fourth-order valence-electron chi connectivity index (χ4n) is 3.55. The molecule has 1 aliphatic carbocycles. The molecule has 3 atom stereocenters. The summed E-state index contributed by atoms with van der Waals surface area (Å²) in [5.74, 6) is 1.87. The molecular formula is C12H20F3N.